The van der Waals surface area contributed by atoms with Crippen molar-refractivity contribution in [2.75, 3.05) is 11.4 Å². The molecule has 0 unspecified atom stereocenters. The van der Waals surface area contributed by atoms with Gasteiger partial charge in [0, 0.05) is 13.2 Å². The van der Waals surface area contributed by atoms with Crippen LogP contribution in [-0.2, 0) is 10.0 Å². The number of carbonyl (C=O) groups is 1. The van der Waals surface area contributed by atoms with Crippen LogP contribution >= 0.6 is 11.6 Å². The van der Waals surface area contributed by atoms with Gasteiger partial charge in [0.05, 0.1) is 27.4 Å². The van der Waals surface area contributed by atoms with Gasteiger partial charge in [-0.3, -0.25) is 9.29 Å². The number of aromatic nitrogens is 1. The smallest absolute Gasteiger partial charge is 0.337 e. The minimum Gasteiger partial charge on any atom is -0.478 e. The molecule has 2 aromatic rings. The highest BCUT2D eigenvalue weighted by Gasteiger charge is 2.23. The first-order chi connectivity index (χ1) is 9.84. The number of benzene rings is 1. The molecule has 2 rings (SSSR count). The largest absolute Gasteiger partial charge is 0.478 e. The van der Waals surface area contributed by atoms with Crippen LogP contribution in [0.25, 0.3) is 0 Å². The molecule has 0 amide bonds. The van der Waals surface area contributed by atoms with Crippen molar-refractivity contribution in [3.05, 3.63) is 53.3 Å². The lowest BCUT2D eigenvalue weighted by Gasteiger charge is -2.19. The molecule has 21 heavy (non-hydrogen) atoms. The van der Waals surface area contributed by atoms with Crippen LogP contribution < -0.4 is 4.31 Å². The number of carboxylic acid groups (broad SMARTS) is 1. The summed E-state index contributed by atoms with van der Waals surface area (Å²) in [6, 6.07) is 6.73. The highest BCUT2D eigenvalue weighted by molar-refractivity contribution is 7.92. The highest BCUT2D eigenvalue weighted by Crippen LogP contribution is 2.25. The molecule has 0 radical (unpaired) electrons. The monoisotopic (exact) mass is 326 g/mol. The molecule has 6 nitrogen and oxygen atoms in total. The number of anilines is 1. The predicted octanol–water partition coefficient (Wildman–Crippen LogP) is 2.26. The Hall–Kier alpha value is -2.12. The van der Waals surface area contributed by atoms with Crippen molar-refractivity contribution in [1.29, 1.82) is 0 Å². The number of nitrogens with zero attached hydrogens (tertiary/aromatic N) is 2. The Morgan fingerprint density at radius 3 is 2.62 bits per heavy atom. The predicted molar refractivity (Wildman–Crippen MR) is 78.2 cm³/mol. The van der Waals surface area contributed by atoms with Crippen molar-refractivity contribution in [2.24, 2.45) is 0 Å². The maximum absolute atomic E-state index is 12.5. The Morgan fingerprint density at radius 1 is 1.33 bits per heavy atom. The van der Waals surface area contributed by atoms with Crippen LogP contribution in [0.3, 0.4) is 0 Å². The van der Waals surface area contributed by atoms with Crippen molar-refractivity contribution >= 4 is 33.3 Å². The van der Waals surface area contributed by atoms with E-state index >= 15 is 0 Å². The molecule has 0 fully saturated rings. The first-order valence-electron chi connectivity index (χ1n) is 5.76. The van der Waals surface area contributed by atoms with Crippen LogP contribution in [0.2, 0.25) is 5.02 Å². The molecule has 0 saturated heterocycles. The van der Waals surface area contributed by atoms with Gasteiger partial charge in [0.25, 0.3) is 10.0 Å². The number of rotatable bonds is 4. The zero-order valence-corrected chi connectivity index (χ0v) is 12.5. The van der Waals surface area contributed by atoms with Gasteiger partial charge in [-0.15, -0.1) is 0 Å². The Labute approximate surface area is 126 Å². The number of carboxylic acids is 1. The molecule has 0 bridgehead atoms. The molecule has 110 valence electrons. The molecule has 0 aliphatic carbocycles. The number of halogens is 1. The summed E-state index contributed by atoms with van der Waals surface area (Å²) in [6.45, 7) is 0. The standard InChI is InChI=1S/C13H11ClN2O4S/c1-16(9-3-2-6-15-8-9)21(19,20)10-4-5-12(14)11(7-10)13(17)18/h2-8H,1H3,(H,17,18). The number of aromatic carboxylic acids is 1. The minimum atomic E-state index is -3.89. The Morgan fingerprint density at radius 2 is 2.05 bits per heavy atom. The molecule has 0 atom stereocenters. The molecule has 8 heteroatoms. The van der Waals surface area contributed by atoms with Crippen LogP contribution in [0.15, 0.2) is 47.6 Å². The SMILES string of the molecule is CN(c1cccnc1)S(=O)(=O)c1ccc(Cl)c(C(=O)O)c1. The first kappa shape index (κ1) is 15.3. The van der Waals surface area contributed by atoms with Gasteiger partial charge in [0.1, 0.15) is 0 Å². The second-order valence-electron chi connectivity index (χ2n) is 4.13. The van der Waals surface area contributed by atoms with Crippen LogP contribution in [0.1, 0.15) is 10.4 Å². The van der Waals surface area contributed by atoms with Crippen LogP contribution in [0, 0.1) is 0 Å². The van der Waals surface area contributed by atoms with E-state index in [0.717, 1.165) is 10.4 Å². The van der Waals surface area contributed by atoms with Crippen LogP contribution in [0.4, 0.5) is 5.69 Å². The van der Waals surface area contributed by atoms with Gasteiger partial charge in [-0.05, 0) is 30.3 Å². The molecule has 0 saturated carbocycles. The average Bonchev–Trinajstić information content (AvgIpc) is 2.47. The van der Waals surface area contributed by atoms with Crippen molar-refractivity contribution < 1.29 is 18.3 Å². The average molecular weight is 327 g/mol. The van der Waals surface area contributed by atoms with Crippen LogP contribution in [0.5, 0.6) is 0 Å². The number of hydrogen-bond acceptors (Lipinski definition) is 4. The molecular formula is C13H11ClN2O4S. The molecule has 0 spiro atoms. The summed E-state index contributed by atoms with van der Waals surface area (Å²) < 4.78 is 26.0. The molecule has 0 aliphatic heterocycles. The van der Waals surface area contributed by atoms with E-state index in [2.05, 4.69) is 4.98 Å². The zero-order valence-electron chi connectivity index (χ0n) is 10.9. The normalized spacial score (nSPS) is 11.1. The third-order valence-electron chi connectivity index (χ3n) is 2.84. The second kappa shape index (κ2) is 5.71. The topological polar surface area (TPSA) is 87.6 Å². The highest BCUT2D eigenvalue weighted by atomic mass is 35.5. The number of pyridine rings is 1. The van der Waals surface area contributed by atoms with E-state index in [1.807, 2.05) is 0 Å². The van der Waals surface area contributed by atoms with E-state index in [1.165, 1.54) is 31.6 Å². The molecule has 1 N–H and O–H groups in total. The third kappa shape index (κ3) is 2.98. The van der Waals surface area contributed by atoms with E-state index < -0.39 is 16.0 Å². The summed E-state index contributed by atoms with van der Waals surface area (Å²) in [5, 5.41) is 8.99. The maximum Gasteiger partial charge on any atom is 0.337 e. The fraction of sp³-hybridized carbons (Fsp3) is 0.0769. The quantitative estimate of drug-likeness (QED) is 0.931. The van der Waals surface area contributed by atoms with Gasteiger partial charge in [0.15, 0.2) is 0 Å². The fourth-order valence-corrected chi connectivity index (χ4v) is 3.07. The maximum atomic E-state index is 12.5. The zero-order chi connectivity index (χ0) is 15.6. The summed E-state index contributed by atoms with van der Waals surface area (Å²) in [5.74, 6) is -1.29. The Kier molecular flexibility index (Phi) is 4.15. The second-order valence-corrected chi connectivity index (χ2v) is 6.51. The lowest BCUT2D eigenvalue weighted by Crippen LogP contribution is -2.26. The van der Waals surface area contributed by atoms with E-state index in [4.69, 9.17) is 16.7 Å². The third-order valence-corrected chi connectivity index (χ3v) is 4.95. The van der Waals surface area contributed by atoms with E-state index in [1.54, 1.807) is 12.1 Å². The minimum absolute atomic E-state index is 0.0227. The first-order valence-corrected chi connectivity index (χ1v) is 7.57. The molecule has 1 aromatic heterocycles. The summed E-state index contributed by atoms with van der Waals surface area (Å²) in [6.07, 6.45) is 2.92. The van der Waals surface area contributed by atoms with E-state index in [9.17, 15) is 13.2 Å². The summed E-state index contributed by atoms with van der Waals surface area (Å²) >= 11 is 5.74. The number of sulfonamides is 1. The molecular weight excluding hydrogens is 316 g/mol. The molecule has 0 aliphatic rings. The van der Waals surface area contributed by atoms with Crippen molar-refractivity contribution in [3.63, 3.8) is 0 Å². The van der Waals surface area contributed by atoms with Crippen LogP contribution in [-0.4, -0.2) is 31.5 Å². The molecule has 1 aromatic carbocycles. The Balaban J connectivity index is 2.50. The lowest BCUT2D eigenvalue weighted by molar-refractivity contribution is 0.0697. The van der Waals surface area contributed by atoms with Gasteiger partial charge in [-0.25, -0.2) is 13.2 Å². The summed E-state index contributed by atoms with van der Waals surface area (Å²) in [7, 11) is -2.53. The summed E-state index contributed by atoms with van der Waals surface area (Å²) in [4.78, 5) is 14.7. The van der Waals surface area contributed by atoms with Crippen molar-refractivity contribution in [2.45, 2.75) is 4.90 Å². The van der Waals surface area contributed by atoms with Crippen molar-refractivity contribution in [1.82, 2.24) is 4.98 Å². The van der Waals surface area contributed by atoms with Gasteiger partial charge < -0.3 is 5.11 Å². The van der Waals surface area contributed by atoms with E-state index in [0.29, 0.717) is 5.69 Å². The van der Waals surface area contributed by atoms with Gasteiger partial charge in [-0.1, -0.05) is 11.6 Å². The molecule has 1 heterocycles. The van der Waals surface area contributed by atoms with E-state index in [-0.39, 0.29) is 15.5 Å². The lowest BCUT2D eigenvalue weighted by atomic mass is 10.2. The van der Waals surface area contributed by atoms with Gasteiger partial charge in [0.2, 0.25) is 0 Å². The fourth-order valence-electron chi connectivity index (χ4n) is 1.67. The number of hydrogen-bond donors (Lipinski definition) is 1. The van der Waals surface area contributed by atoms with Gasteiger partial charge in [-0.2, -0.15) is 0 Å². The van der Waals surface area contributed by atoms with Crippen molar-refractivity contribution in [3.8, 4) is 0 Å². The summed E-state index contributed by atoms with van der Waals surface area (Å²) in [5.41, 5.74) is 0.0988. The van der Waals surface area contributed by atoms with Gasteiger partial charge >= 0.3 is 5.97 Å². The Bertz CT molecular complexity index is 778.